The van der Waals surface area contributed by atoms with E-state index in [4.69, 9.17) is 15.5 Å². The van der Waals surface area contributed by atoms with E-state index >= 15 is 0 Å². The van der Waals surface area contributed by atoms with Gasteiger partial charge in [0.1, 0.15) is 16.9 Å². The molecule has 0 bridgehead atoms. The third-order valence-electron chi connectivity index (χ3n) is 6.17. The van der Waals surface area contributed by atoms with Crippen molar-refractivity contribution in [3.05, 3.63) is 64.9 Å². The fourth-order valence-corrected chi connectivity index (χ4v) is 4.72. The van der Waals surface area contributed by atoms with Crippen LogP contribution in [0.2, 0.25) is 0 Å². The van der Waals surface area contributed by atoms with Crippen molar-refractivity contribution in [2.45, 2.75) is 32.9 Å². The maximum Gasteiger partial charge on any atom is 0.410 e. The predicted molar refractivity (Wildman–Crippen MR) is 147 cm³/mol. The van der Waals surface area contributed by atoms with Gasteiger partial charge in [0.15, 0.2) is 11.5 Å². The minimum Gasteiger partial charge on any atom is -0.444 e. The smallest absolute Gasteiger partial charge is 0.410 e. The van der Waals surface area contributed by atoms with Crippen LogP contribution in [-0.2, 0) is 11.3 Å². The average molecular weight is 564 g/mol. The molecular formula is C27H30BrN7O2. The molecule has 4 heterocycles. The Morgan fingerprint density at radius 2 is 1.81 bits per heavy atom. The minimum absolute atomic E-state index is 0.241. The molecule has 0 atom stereocenters. The molecule has 1 aliphatic heterocycles. The summed E-state index contributed by atoms with van der Waals surface area (Å²) >= 11 is 3.49. The van der Waals surface area contributed by atoms with Crippen LogP contribution in [0.1, 0.15) is 26.3 Å². The molecule has 0 unspecified atom stereocenters. The minimum atomic E-state index is -0.481. The largest absolute Gasteiger partial charge is 0.444 e. The Kier molecular flexibility index (Phi) is 6.87. The number of ether oxygens (including phenoxy) is 1. The Hall–Kier alpha value is -3.50. The number of halogens is 1. The molecule has 1 amide bonds. The quantitative estimate of drug-likeness (QED) is 0.377. The second-order valence-electron chi connectivity index (χ2n) is 10.1. The van der Waals surface area contributed by atoms with Crippen LogP contribution in [0.3, 0.4) is 0 Å². The number of pyridine rings is 2. The first-order valence-electron chi connectivity index (χ1n) is 12.2. The topological polar surface area (TPSA) is 102 Å². The monoisotopic (exact) mass is 563 g/mol. The van der Waals surface area contributed by atoms with Crippen molar-refractivity contribution in [1.82, 2.24) is 29.3 Å². The van der Waals surface area contributed by atoms with Gasteiger partial charge < -0.3 is 15.4 Å². The maximum absolute atomic E-state index is 12.3. The number of rotatable bonds is 4. The van der Waals surface area contributed by atoms with Gasteiger partial charge in [0, 0.05) is 55.3 Å². The standard InChI is InChI=1S/C27H30BrN7O2/c1-27(2,3)37-26(36)34-13-11-33(12-14-34)17-18-6-8-20(9-7-18)35-24(21-5-4-10-30-23(21)29)32-22-15-19(28)16-31-25(22)35/h4-10,15-16H,11-14,17H2,1-3H3,(H2,29,30). The highest BCUT2D eigenvalue weighted by Gasteiger charge is 2.26. The van der Waals surface area contributed by atoms with E-state index in [0.29, 0.717) is 24.7 Å². The number of hydrogen-bond donors (Lipinski definition) is 1. The van der Waals surface area contributed by atoms with Crippen LogP contribution in [0.15, 0.2) is 59.3 Å². The highest BCUT2D eigenvalue weighted by atomic mass is 79.9. The number of amides is 1. The lowest BCUT2D eigenvalue weighted by Crippen LogP contribution is -2.49. The van der Waals surface area contributed by atoms with Crippen molar-refractivity contribution in [2.24, 2.45) is 0 Å². The Balaban J connectivity index is 1.35. The van der Waals surface area contributed by atoms with Crippen LogP contribution in [0.5, 0.6) is 0 Å². The lowest BCUT2D eigenvalue weighted by molar-refractivity contribution is 0.0139. The number of nitrogen functional groups attached to an aromatic ring is 1. The van der Waals surface area contributed by atoms with Crippen LogP contribution in [-0.4, -0.2) is 67.2 Å². The molecule has 192 valence electrons. The van der Waals surface area contributed by atoms with Gasteiger partial charge in [-0.15, -0.1) is 0 Å². The molecule has 1 saturated heterocycles. The molecule has 2 N–H and O–H groups in total. The van der Waals surface area contributed by atoms with Gasteiger partial charge in [-0.25, -0.2) is 19.7 Å². The van der Waals surface area contributed by atoms with Gasteiger partial charge in [0.05, 0.1) is 5.56 Å². The summed E-state index contributed by atoms with van der Waals surface area (Å²) in [6.45, 7) is 9.40. The normalized spacial score (nSPS) is 14.8. The van der Waals surface area contributed by atoms with E-state index in [1.54, 1.807) is 17.3 Å². The van der Waals surface area contributed by atoms with E-state index in [2.05, 4.69) is 55.1 Å². The molecule has 0 saturated carbocycles. The highest BCUT2D eigenvalue weighted by Crippen LogP contribution is 2.31. The summed E-state index contributed by atoms with van der Waals surface area (Å²) < 4.78 is 8.38. The predicted octanol–water partition coefficient (Wildman–Crippen LogP) is 4.88. The molecule has 1 aromatic carbocycles. The summed E-state index contributed by atoms with van der Waals surface area (Å²) in [4.78, 5) is 30.2. The van der Waals surface area contributed by atoms with Gasteiger partial charge in [-0.05, 0) is 72.6 Å². The third-order valence-corrected chi connectivity index (χ3v) is 6.60. The SMILES string of the molecule is CC(C)(C)OC(=O)N1CCN(Cc2ccc(-n3c(-c4cccnc4N)nc4cc(Br)cnc43)cc2)CC1. The van der Waals surface area contributed by atoms with Crippen molar-refractivity contribution >= 4 is 39.0 Å². The molecule has 0 spiro atoms. The van der Waals surface area contributed by atoms with Crippen molar-refractivity contribution < 1.29 is 9.53 Å². The second kappa shape index (κ2) is 10.1. The number of nitrogens with zero attached hydrogens (tertiary/aromatic N) is 6. The van der Waals surface area contributed by atoms with Gasteiger partial charge in [0.2, 0.25) is 0 Å². The van der Waals surface area contributed by atoms with Crippen LogP contribution in [0.4, 0.5) is 10.6 Å². The Bertz CT molecular complexity index is 1420. The van der Waals surface area contributed by atoms with Gasteiger partial charge in [-0.3, -0.25) is 9.47 Å². The van der Waals surface area contributed by atoms with Crippen molar-refractivity contribution in [3.8, 4) is 17.1 Å². The van der Waals surface area contributed by atoms with Gasteiger partial charge in [-0.1, -0.05) is 12.1 Å². The number of fused-ring (bicyclic) bond motifs is 1. The summed E-state index contributed by atoms with van der Waals surface area (Å²) in [6.07, 6.45) is 3.19. The van der Waals surface area contributed by atoms with Gasteiger partial charge in [0.25, 0.3) is 0 Å². The van der Waals surface area contributed by atoms with Crippen LogP contribution >= 0.6 is 15.9 Å². The molecule has 10 heteroatoms. The zero-order chi connectivity index (χ0) is 26.2. The highest BCUT2D eigenvalue weighted by molar-refractivity contribution is 9.10. The van der Waals surface area contributed by atoms with Gasteiger partial charge in [-0.2, -0.15) is 0 Å². The van der Waals surface area contributed by atoms with Crippen molar-refractivity contribution in [1.29, 1.82) is 0 Å². The Morgan fingerprint density at radius 1 is 1.08 bits per heavy atom. The molecular weight excluding hydrogens is 534 g/mol. The first kappa shape index (κ1) is 25.2. The van der Waals surface area contributed by atoms with E-state index in [-0.39, 0.29) is 6.09 Å². The second-order valence-corrected chi connectivity index (χ2v) is 11.0. The van der Waals surface area contributed by atoms with E-state index in [1.807, 2.05) is 43.5 Å². The van der Waals surface area contributed by atoms with E-state index in [0.717, 1.165) is 46.5 Å². The first-order chi connectivity index (χ1) is 17.7. The maximum atomic E-state index is 12.3. The van der Waals surface area contributed by atoms with Crippen LogP contribution in [0, 0.1) is 0 Å². The molecule has 0 radical (unpaired) electrons. The number of carbonyl (C=O) groups excluding carboxylic acids is 1. The fourth-order valence-electron chi connectivity index (χ4n) is 4.40. The number of imidazole rings is 1. The van der Waals surface area contributed by atoms with Crippen molar-refractivity contribution in [2.75, 3.05) is 31.9 Å². The number of carbonyl (C=O) groups is 1. The third kappa shape index (κ3) is 5.60. The lowest BCUT2D eigenvalue weighted by Gasteiger charge is -2.35. The summed E-state index contributed by atoms with van der Waals surface area (Å²) in [7, 11) is 0. The van der Waals surface area contributed by atoms with E-state index < -0.39 is 5.60 Å². The molecule has 5 rings (SSSR count). The summed E-state index contributed by atoms with van der Waals surface area (Å²) in [5.41, 5.74) is 10.1. The summed E-state index contributed by atoms with van der Waals surface area (Å²) in [5, 5.41) is 0. The Labute approximate surface area is 224 Å². The zero-order valence-electron chi connectivity index (χ0n) is 21.2. The number of anilines is 1. The lowest BCUT2D eigenvalue weighted by atomic mass is 10.1. The van der Waals surface area contributed by atoms with Gasteiger partial charge >= 0.3 is 6.09 Å². The first-order valence-corrected chi connectivity index (χ1v) is 13.0. The fraction of sp³-hybridized carbons (Fsp3) is 0.333. The summed E-state index contributed by atoms with van der Waals surface area (Å²) in [6, 6.07) is 14.1. The Morgan fingerprint density at radius 3 is 2.49 bits per heavy atom. The number of piperazine rings is 1. The zero-order valence-corrected chi connectivity index (χ0v) is 22.8. The number of nitrogens with two attached hydrogens (primary N) is 1. The molecule has 37 heavy (non-hydrogen) atoms. The van der Waals surface area contributed by atoms with Crippen molar-refractivity contribution in [3.63, 3.8) is 0 Å². The average Bonchev–Trinajstić information content (AvgIpc) is 3.22. The summed E-state index contributed by atoms with van der Waals surface area (Å²) in [5.74, 6) is 1.11. The molecule has 9 nitrogen and oxygen atoms in total. The molecule has 1 aliphatic rings. The number of hydrogen-bond acceptors (Lipinski definition) is 7. The number of benzene rings is 1. The molecule has 0 aliphatic carbocycles. The number of aromatic nitrogens is 4. The molecule has 4 aromatic rings. The molecule has 3 aromatic heterocycles. The van der Waals surface area contributed by atoms with Crippen LogP contribution in [0.25, 0.3) is 28.2 Å². The van der Waals surface area contributed by atoms with E-state index in [9.17, 15) is 4.79 Å². The molecule has 1 fully saturated rings. The van der Waals surface area contributed by atoms with Crippen LogP contribution < -0.4 is 5.73 Å². The van der Waals surface area contributed by atoms with E-state index in [1.165, 1.54) is 5.56 Å².